The van der Waals surface area contributed by atoms with Crippen molar-refractivity contribution in [2.45, 2.75) is 39.7 Å². The summed E-state index contributed by atoms with van der Waals surface area (Å²) in [6.07, 6.45) is 1.53. The van der Waals surface area contributed by atoms with Crippen molar-refractivity contribution in [2.75, 3.05) is 21.9 Å². The maximum Gasteiger partial charge on any atom is 0.255 e. The molecule has 3 rings (SSSR count). The molecule has 7 heteroatoms. The molecule has 0 unspecified atom stereocenters. The highest BCUT2D eigenvalue weighted by Crippen LogP contribution is 2.28. The smallest absolute Gasteiger partial charge is 0.255 e. The molecule has 0 atom stereocenters. The van der Waals surface area contributed by atoms with Crippen molar-refractivity contribution in [2.24, 2.45) is 0 Å². The van der Waals surface area contributed by atoms with Gasteiger partial charge in [0.15, 0.2) is 0 Å². The summed E-state index contributed by atoms with van der Waals surface area (Å²) in [6.45, 7) is 6.18. The third kappa shape index (κ3) is 4.65. The fourth-order valence-electron chi connectivity index (χ4n) is 3.20. The quantitative estimate of drug-likeness (QED) is 0.821. The predicted molar refractivity (Wildman–Crippen MR) is 112 cm³/mol. The Kier molecular flexibility index (Phi) is 5.93. The van der Waals surface area contributed by atoms with E-state index in [1.54, 1.807) is 30.3 Å². The number of carbonyl (C=O) groups is 1. The first kappa shape index (κ1) is 20.2. The monoisotopic (exact) mass is 402 g/mol. The second-order valence-corrected chi connectivity index (χ2v) is 9.26. The van der Waals surface area contributed by atoms with E-state index in [9.17, 15) is 13.2 Å². The van der Waals surface area contributed by atoms with Crippen LogP contribution in [0.15, 0.2) is 42.5 Å². The lowest BCUT2D eigenvalue weighted by Crippen LogP contribution is -2.38. The van der Waals surface area contributed by atoms with Gasteiger partial charge in [0.1, 0.15) is 5.75 Å². The summed E-state index contributed by atoms with van der Waals surface area (Å²) < 4.78 is 32.0. The van der Waals surface area contributed by atoms with E-state index in [1.807, 2.05) is 32.9 Å². The summed E-state index contributed by atoms with van der Waals surface area (Å²) >= 11 is 0. The SMILES string of the molecule is Cc1ccc(C(=O)Nc2cccc(OC(C)C)c2)cc1N1CCCCS1(=O)=O. The maximum atomic E-state index is 12.7. The van der Waals surface area contributed by atoms with Crippen molar-refractivity contribution in [1.82, 2.24) is 0 Å². The summed E-state index contributed by atoms with van der Waals surface area (Å²) in [5, 5.41) is 2.86. The first-order chi connectivity index (χ1) is 13.3. The zero-order valence-electron chi connectivity index (χ0n) is 16.4. The molecule has 1 aliphatic heterocycles. The number of ether oxygens (including phenoxy) is 1. The van der Waals surface area contributed by atoms with E-state index in [2.05, 4.69) is 5.32 Å². The summed E-state index contributed by atoms with van der Waals surface area (Å²) in [7, 11) is -3.33. The molecule has 1 saturated heterocycles. The first-order valence-corrected chi connectivity index (χ1v) is 11.1. The number of amides is 1. The van der Waals surface area contributed by atoms with Crippen LogP contribution in [0.5, 0.6) is 5.75 Å². The number of hydrogen-bond donors (Lipinski definition) is 1. The molecule has 1 aliphatic rings. The van der Waals surface area contributed by atoms with Crippen LogP contribution in [-0.4, -0.2) is 32.7 Å². The highest BCUT2D eigenvalue weighted by atomic mass is 32.2. The average Bonchev–Trinajstić information content (AvgIpc) is 2.62. The standard InChI is InChI=1S/C21H26N2O4S/c1-15(2)27-19-8-6-7-18(14-19)22-21(24)17-10-9-16(3)20(13-17)23-11-4-5-12-28(23,25)26/h6-10,13-15H,4-5,11-12H2,1-3H3,(H,22,24). The van der Waals surface area contributed by atoms with E-state index in [4.69, 9.17) is 4.74 Å². The summed E-state index contributed by atoms with van der Waals surface area (Å²) in [5.74, 6) is 0.528. The highest BCUT2D eigenvalue weighted by Gasteiger charge is 2.27. The van der Waals surface area contributed by atoms with Crippen LogP contribution in [0.4, 0.5) is 11.4 Å². The van der Waals surface area contributed by atoms with Gasteiger partial charge in [-0.3, -0.25) is 9.10 Å². The van der Waals surface area contributed by atoms with Crippen LogP contribution >= 0.6 is 0 Å². The number of nitrogens with one attached hydrogen (secondary N) is 1. The Hall–Kier alpha value is -2.54. The molecule has 1 heterocycles. The van der Waals surface area contributed by atoms with Crippen molar-refractivity contribution >= 4 is 27.3 Å². The van der Waals surface area contributed by atoms with E-state index >= 15 is 0 Å². The van der Waals surface area contributed by atoms with Gasteiger partial charge in [-0.2, -0.15) is 0 Å². The number of nitrogens with zero attached hydrogens (tertiary/aromatic N) is 1. The molecule has 0 bridgehead atoms. The van der Waals surface area contributed by atoms with Gasteiger partial charge in [-0.05, 0) is 63.4 Å². The normalized spacial score (nSPS) is 16.1. The molecule has 0 aliphatic carbocycles. The molecule has 6 nitrogen and oxygen atoms in total. The van der Waals surface area contributed by atoms with Gasteiger partial charge in [-0.25, -0.2) is 8.42 Å². The van der Waals surface area contributed by atoms with Gasteiger partial charge in [0.2, 0.25) is 10.0 Å². The van der Waals surface area contributed by atoms with Gasteiger partial charge in [0.05, 0.1) is 17.5 Å². The van der Waals surface area contributed by atoms with Gasteiger partial charge in [-0.1, -0.05) is 12.1 Å². The van der Waals surface area contributed by atoms with Crippen molar-refractivity contribution in [3.8, 4) is 5.75 Å². The van der Waals surface area contributed by atoms with Crippen molar-refractivity contribution in [1.29, 1.82) is 0 Å². The zero-order valence-corrected chi connectivity index (χ0v) is 17.3. The van der Waals surface area contributed by atoms with Crippen LogP contribution in [0.1, 0.15) is 42.6 Å². The number of rotatable bonds is 5. The molecule has 150 valence electrons. The van der Waals surface area contributed by atoms with Crippen molar-refractivity contribution in [3.63, 3.8) is 0 Å². The Balaban J connectivity index is 1.83. The van der Waals surface area contributed by atoms with Gasteiger partial charge >= 0.3 is 0 Å². The van der Waals surface area contributed by atoms with E-state index in [1.165, 1.54) is 4.31 Å². The molecule has 0 radical (unpaired) electrons. The molecule has 28 heavy (non-hydrogen) atoms. The second kappa shape index (κ2) is 8.22. The van der Waals surface area contributed by atoms with Crippen molar-refractivity contribution < 1.29 is 17.9 Å². The van der Waals surface area contributed by atoms with Gasteiger partial charge in [-0.15, -0.1) is 0 Å². The number of carbonyl (C=O) groups excluding carboxylic acids is 1. The highest BCUT2D eigenvalue weighted by molar-refractivity contribution is 7.92. The van der Waals surface area contributed by atoms with Gasteiger partial charge in [0, 0.05) is 23.9 Å². The summed E-state index contributed by atoms with van der Waals surface area (Å²) in [6, 6.07) is 12.3. The Bertz CT molecular complexity index is 970. The van der Waals surface area contributed by atoms with Crippen LogP contribution in [-0.2, 0) is 10.0 Å². The Morgan fingerprint density at radius 3 is 2.64 bits per heavy atom. The lowest BCUT2D eigenvalue weighted by molar-refractivity contribution is 0.102. The molecule has 1 N–H and O–H groups in total. The number of benzene rings is 2. The van der Waals surface area contributed by atoms with Crippen LogP contribution in [0.25, 0.3) is 0 Å². The largest absolute Gasteiger partial charge is 0.491 e. The molecule has 1 fully saturated rings. The van der Waals surface area contributed by atoms with E-state index in [0.717, 1.165) is 12.0 Å². The third-order valence-corrected chi connectivity index (χ3v) is 6.41. The lowest BCUT2D eigenvalue weighted by atomic mass is 10.1. The number of anilines is 2. The van der Waals surface area contributed by atoms with E-state index in [-0.39, 0.29) is 17.8 Å². The maximum absolute atomic E-state index is 12.7. The fraction of sp³-hybridized carbons (Fsp3) is 0.381. The molecule has 0 aromatic heterocycles. The number of hydrogen-bond acceptors (Lipinski definition) is 4. The molecular weight excluding hydrogens is 376 g/mol. The molecular formula is C21H26N2O4S. The summed E-state index contributed by atoms with van der Waals surface area (Å²) in [5.41, 5.74) is 2.44. The minimum absolute atomic E-state index is 0.0390. The van der Waals surface area contributed by atoms with Gasteiger partial charge < -0.3 is 10.1 Å². The molecule has 0 saturated carbocycles. The Morgan fingerprint density at radius 2 is 1.93 bits per heavy atom. The first-order valence-electron chi connectivity index (χ1n) is 9.45. The number of aryl methyl sites for hydroxylation is 1. The van der Waals surface area contributed by atoms with Crippen LogP contribution in [0.3, 0.4) is 0 Å². The molecule has 0 spiro atoms. The lowest BCUT2D eigenvalue weighted by Gasteiger charge is -2.29. The molecule has 1 amide bonds. The molecule has 2 aromatic rings. The fourth-order valence-corrected chi connectivity index (χ4v) is 4.89. The average molecular weight is 403 g/mol. The number of sulfonamides is 1. The minimum atomic E-state index is -3.33. The summed E-state index contributed by atoms with van der Waals surface area (Å²) in [4.78, 5) is 12.7. The molecule has 2 aromatic carbocycles. The Morgan fingerprint density at radius 1 is 1.14 bits per heavy atom. The topological polar surface area (TPSA) is 75.7 Å². The van der Waals surface area contributed by atoms with Crippen LogP contribution < -0.4 is 14.4 Å². The second-order valence-electron chi connectivity index (χ2n) is 7.25. The van der Waals surface area contributed by atoms with Gasteiger partial charge in [0.25, 0.3) is 5.91 Å². The van der Waals surface area contributed by atoms with Crippen LogP contribution in [0, 0.1) is 6.92 Å². The minimum Gasteiger partial charge on any atom is -0.491 e. The van der Waals surface area contributed by atoms with E-state index in [0.29, 0.717) is 35.7 Å². The third-order valence-electron chi connectivity index (χ3n) is 4.55. The zero-order chi connectivity index (χ0) is 20.3. The predicted octanol–water partition coefficient (Wildman–Crippen LogP) is 3.96. The van der Waals surface area contributed by atoms with E-state index < -0.39 is 10.0 Å². The Labute approximate surface area is 166 Å². The van der Waals surface area contributed by atoms with Crippen molar-refractivity contribution in [3.05, 3.63) is 53.6 Å². The van der Waals surface area contributed by atoms with Crippen LogP contribution in [0.2, 0.25) is 0 Å².